The number of nitrogens with zero attached hydrogens (tertiary/aromatic N) is 2. The molecule has 0 spiro atoms. The number of ether oxygens (including phenoxy) is 1. The third kappa shape index (κ3) is 3.92. The van der Waals surface area contributed by atoms with E-state index in [1.54, 1.807) is 30.8 Å². The van der Waals surface area contributed by atoms with Crippen molar-refractivity contribution in [3.05, 3.63) is 70.3 Å². The fourth-order valence-electron chi connectivity index (χ4n) is 2.04. The topological polar surface area (TPSA) is 64.1 Å². The van der Waals surface area contributed by atoms with Gasteiger partial charge in [0.05, 0.1) is 24.0 Å². The van der Waals surface area contributed by atoms with Gasteiger partial charge in [0, 0.05) is 17.9 Å². The third-order valence-electron chi connectivity index (χ3n) is 3.19. The molecule has 5 nitrogen and oxygen atoms in total. The van der Waals surface area contributed by atoms with E-state index in [1.165, 1.54) is 16.9 Å². The van der Waals surface area contributed by atoms with Crippen LogP contribution >= 0.6 is 11.3 Å². The molecule has 2 heterocycles. The first-order valence-corrected chi connectivity index (χ1v) is 7.92. The number of hydrogen-bond acceptors (Lipinski definition) is 5. The van der Waals surface area contributed by atoms with E-state index in [9.17, 15) is 4.79 Å². The van der Waals surface area contributed by atoms with Gasteiger partial charge in [-0.05, 0) is 11.6 Å². The van der Waals surface area contributed by atoms with Gasteiger partial charge in [0.2, 0.25) is 5.88 Å². The second-order valence-corrected chi connectivity index (χ2v) is 5.77. The maximum Gasteiger partial charge on any atom is 0.275 e. The first kappa shape index (κ1) is 15.2. The number of nitrogens with one attached hydrogen (secondary N) is 1. The van der Waals surface area contributed by atoms with E-state index < -0.39 is 0 Å². The van der Waals surface area contributed by atoms with E-state index in [2.05, 4.69) is 15.3 Å². The van der Waals surface area contributed by atoms with Crippen LogP contribution < -0.4 is 10.1 Å². The number of anilines is 1. The maximum absolute atomic E-state index is 12.2. The van der Waals surface area contributed by atoms with Crippen LogP contribution in [0.25, 0.3) is 0 Å². The number of thiazole rings is 1. The molecule has 1 N–H and O–H groups in total. The van der Waals surface area contributed by atoms with Crippen LogP contribution in [-0.2, 0) is 6.42 Å². The molecule has 3 rings (SSSR count). The molecule has 0 aliphatic rings. The van der Waals surface area contributed by atoms with Crippen molar-refractivity contribution in [2.24, 2.45) is 0 Å². The number of hydrogen-bond donors (Lipinski definition) is 1. The molecule has 3 aromatic rings. The van der Waals surface area contributed by atoms with Gasteiger partial charge < -0.3 is 10.1 Å². The van der Waals surface area contributed by atoms with Gasteiger partial charge in [-0.3, -0.25) is 4.79 Å². The van der Waals surface area contributed by atoms with E-state index >= 15 is 0 Å². The van der Waals surface area contributed by atoms with E-state index in [0.717, 1.165) is 11.4 Å². The molecule has 0 bridgehead atoms. The molecule has 0 atom stereocenters. The summed E-state index contributed by atoms with van der Waals surface area (Å²) in [6.07, 6.45) is 2.27. The largest absolute Gasteiger partial charge is 0.481 e. The highest BCUT2D eigenvalue weighted by molar-refractivity contribution is 7.09. The van der Waals surface area contributed by atoms with Crippen molar-refractivity contribution >= 4 is 22.9 Å². The van der Waals surface area contributed by atoms with Gasteiger partial charge in [-0.25, -0.2) is 9.97 Å². The number of carbonyl (C=O) groups is 1. The first-order valence-electron chi connectivity index (χ1n) is 7.04. The quantitative estimate of drug-likeness (QED) is 0.781. The van der Waals surface area contributed by atoms with Crippen LogP contribution in [0.1, 0.15) is 21.1 Å². The fraction of sp³-hybridized carbons (Fsp3) is 0.118. The monoisotopic (exact) mass is 325 g/mol. The minimum absolute atomic E-state index is 0.243. The maximum atomic E-state index is 12.2. The number of aromatic nitrogens is 2. The summed E-state index contributed by atoms with van der Waals surface area (Å²) in [5.74, 6) is 0.259. The summed E-state index contributed by atoms with van der Waals surface area (Å²) in [6, 6.07) is 13.5. The zero-order valence-electron chi connectivity index (χ0n) is 12.5. The van der Waals surface area contributed by atoms with Crippen molar-refractivity contribution in [2.75, 3.05) is 12.4 Å². The molecule has 0 saturated heterocycles. The Morgan fingerprint density at radius 1 is 1.22 bits per heavy atom. The molecule has 0 fully saturated rings. The lowest BCUT2D eigenvalue weighted by molar-refractivity contribution is 0.102. The SMILES string of the molecule is COc1ccc(NC(=O)c2csc(Cc3ccccc3)n2)cn1. The molecule has 0 radical (unpaired) electrons. The van der Waals surface area contributed by atoms with Crippen LogP contribution in [-0.4, -0.2) is 23.0 Å². The lowest BCUT2D eigenvalue weighted by Crippen LogP contribution is -2.12. The molecule has 0 aliphatic carbocycles. The van der Waals surface area contributed by atoms with Crippen LogP contribution in [0.5, 0.6) is 5.88 Å². The van der Waals surface area contributed by atoms with E-state index in [1.807, 2.05) is 30.3 Å². The number of pyridine rings is 1. The lowest BCUT2D eigenvalue weighted by atomic mass is 10.2. The van der Waals surface area contributed by atoms with Gasteiger partial charge >= 0.3 is 0 Å². The van der Waals surface area contributed by atoms with Crippen LogP contribution in [0.2, 0.25) is 0 Å². The summed E-state index contributed by atoms with van der Waals surface area (Å²) in [6.45, 7) is 0. The second-order valence-electron chi connectivity index (χ2n) is 4.83. The van der Waals surface area contributed by atoms with Crippen LogP contribution in [0.4, 0.5) is 5.69 Å². The van der Waals surface area contributed by atoms with Crippen molar-refractivity contribution in [1.29, 1.82) is 0 Å². The van der Waals surface area contributed by atoms with E-state index in [-0.39, 0.29) is 5.91 Å². The summed E-state index contributed by atoms with van der Waals surface area (Å²) >= 11 is 1.48. The molecule has 1 amide bonds. The second kappa shape index (κ2) is 7.02. The minimum Gasteiger partial charge on any atom is -0.481 e. The first-order chi connectivity index (χ1) is 11.2. The third-order valence-corrected chi connectivity index (χ3v) is 4.03. The predicted octanol–water partition coefficient (Wildman–Crippen LogP) is 3.39. The minimum atomic E-state index is -0.243. The Kier molecular flexibility index (Phi) is 4.63. The van der Waals surface area contributed by atoms with Crippen molar-refractivity contribution in [3.63, 3.8) is 0 Å². The Morgan fingerprint density at radius 3 is 2.74 bits per heavy atom. The van der Waals surface area contributed by atoms with Gasteiger partial charge in [0.1, 0.15) is 5.69 Å². The molecule has 6 heteroatoms. The van der Waals surface area contributed by atoms with E-state index in [0.29, 0.717) is 17.3 Å². The Morgan fingerprint density at radius 2 is 2.04 bits per heavy atom. The van der Waals surface area contributed by atoms with Gasteiger partial charge in [-0.15, -0.1) is 11.3 Å². The number of benzene rings is 1. The van der Waals surface area contributed by atoms with Crippen LogP contribution in [0.3, 0.4) is 0 Å². The highest BCUT2D eigenvalue weighted by Crippen LogP contribution is 2.17. The van der Waals surface area contributed by atoms with Gasteiger partial charge in [0.15, 0.2) is 0 Å². The summed E-state index contributed by atoms with van der Waals surface area (Å²) in [7, 11) is 1.55. The molecule has 2 aromatic heterocycles. The smallest absolute Gasteiger partial charge is 0.275 e. The zero-order valence-corrected chi connectivity index (χ0v) is 13.3. The molecule has 1 aromatic carbocycles. The standard InChI is InChI=1S/C17H15N3O2S/c1-22-15-8-7-13(10-18-15)19-17(21)14-11-23-16(20-14)9-12-5-3-2-4-6-12/h2-8,10-11H,9H2,1H3,(H,19,21). The molecule has 23 heavy (non-hydrogen) atoms. The molecule has 0 aliphatic heterocycles. The predicted molar refractivity (Wildman–Crippen MR) is 90.1 cm³/mol. The number of amides is 1. The number of rotatable bonds is 5. The zero-order chi connectivity index (χ0) is 16.1. The number of carbonyl (C=O) groups excluding carboxylic acids is 1. The Hall–Kier alpha value is -2.73. The van der Waals surface area contributed by atoms with Gasteiger partial charge in [0.25, 0.3) is 5.91 Å². The molecule has 116 valence electrons. The molecular formula is C17H15N3O2S. The van der Waals surface area contributed by atoms with Crippen LogP contribution in [0, 0.1) is 0 Å². The van der Waals surface area contributed by atoms with E-state index in [4.69, 9.17) is 4.74 Å². The van der Waals surface area contributed by atoms with Crippen molar-refractivity contribution in [2.45, 2.75) is 6.42 Å². The normalized spacial score (nSPS) is 10.3. The van der Waals surface area contributed by atoms with Gasteiger partial charge in [-0.2, -0.15) is 0 Å². The van der Waals surface area contributed by atoms with Crippen LogP contribution in [0.15, 0.2) is 54.0 Å². The summed E-state index contributed by atoms with van der Waals surface area (Å²) in [5, 5.41) is 5.45. The number of methoxy groups -OCH3 is 1. The molecule has 0 unspecified atom stereocenters. The summed E-state index contributed by atoms with van der Waals surface area (Å²) in [4.78, 5) is 20.7. The summed E-state index contributed by atoms with van der Waals surface area (Å²) < 4.78 is 4.98. The average molecular weight is 325 g/mol. The van der Waals surface area contributed by atoms with Crippen molar-refractivity contribution in [1.82, 2.24) is 9.97 Å². The average Bonchev–Trinajstić information content (AvgIpc) is 3.05. The van der Waals surface area contributed by atoms with Gasteiger partial charge in [-0.1, -0.05) is 30.3 Å². The Balaban J connectivity index is 1.66. The lowest BCUT2D eigenvalue weighted by Gasteiger charge is -2.03. The Labute approximate surface area is 138 Å². The fourth-order valence-corrected chi connectivity index (χ4v) is 2.85. The van der Waals surface area contributed by atoms with Crippen molar-refractivity contribution in [3.8, 4) is 5.88 Å². The highest BCUT2D eigenvalue weighted by Gasteiger charge is 2.11. The molecular weight excluding hydrogens is 310 g/mol. The summed E-state index contributed by atoms with van der Waals surface area (Å²) in [5.41, 5.74) is 2.19. The Bertz CT molecular complexity index is 785. The highest BCUT2D eigenvalue weighted by atomic mass is 32.1. The molecule has 0 saturated carbocycles. The van der Waals surface area contributed by atoms with Crippen molar-refractivity contribution < 1.29 is 9.53 Å².